The maximum absolute atomic E-state index is 13.9. The van der Waals surface area contributed by atoms with E-state index in [-0.39, 0.29) is 12.4 Å². The third-order valence-corrected chi connectivity index (χ3v) is 8.21. The minimum absolute atomic E-state index is 0.0278. The highest BCUT2D eigenvalue weighted by molar-refractivity contribution is 14.1. The average molecular weight is 574 g/mol. The van der Waals surface area contributed by atoms with Gasteiger partial charge in [0.1, 0.15) is 11.6 Å². The summed E-state index contributed by atoms with van der Waals surface area (Å²) in [5.74, 6) is 1.49. The molecular formula is C20H24FIN6O3S. The fraction of sp³-hybridized carbons (Fsp3) is 0.450. The normalized spacial score (nSPS) is 13.7. The summed E-state index contributed by atoms with van der Waals surface area (Å²) in [6.45, 7) is 4.54. The van der Waals surface area contributed by atoms with E-state index in [4.69, 9.17) is 10.5 Å². The number of nitrogens with one attached hydrogen (secondary N) is 1. The number of benzene rings is 1. The molecule has 0 aliphatic carbocycles. The molecular weight excluding hydrogens is 550 g/mol. The smallest absolute Gasteiger partial charge is 0.312 e. The number of nitrogen functional groups attached to an aromatic ring is 1. The number of hydrogen-bond acceptors (Lipinski definition) is 7. The minimum atomic E-state index is -3.36. The summed E-state index contributed by atoms with van der Waals surface area (Å²) in [7, 11) is -3.36. The monoisotopic (exact) mass is 574 g/mol. The number of nitrogens with zero attached hydrogens (tertiary/aromatic N) is 4. The Morgan fingerprint density at radius 1 is 1.31 bits per heavy atom. The van der Waals surface area contributed by atoms with E-state index in [9.17, 15) is 12.8 Å². The molecule has 0 unspecified atom stereocenters. The summed E-state index contributed by atoms with van der Waals surface area (Å²) in [5, 5.41) is -0.516. The molecule has 9 nitrogen and oxygen atoms in total. The van der Waals surface area contributed by atoms with Crippen molar-refractivity contribution in [3.63, 3.8) is 0 Å². The third kappa shape index (κ3) is 4.66. The molecule has 0 atom stereocenters. The first-order valence-electron chi connectivity index (χ1n) is 10.3. The molecule has 12 heteroatoms. The second-order valence-electron chi connectivity index (χ2n) is 7.90. The molecule has 0 spiro atoms. The molecule has 0 fully saturated rings. The van der Waals surface area contributed by atoms with E-state index < -0.39 is 21.4 Å². The van der Waals surface area contributed by atoms with Crippen molar-refractivity contribution in [2.45, 2.75) is 44.9 Å². The van der Waals surface area contributed by atoms with Crippen LogP contribution in [0.4, 0.5) is 10.2 Å². The Hall–Kier alpha value is -2.06. The quantitative estimate of drug-likeness (QED) is 0.241. The third-order valence-electron chi connectivity index (χ3n) is 5.36. The Labute approximate surface area is 199 Å². The number of hydrogen-bond donors (Lipinski definition) is 2. The van der Waals surface area contributed by atoms with Crippen molar-refractivity contribution in [3.05, 3.63) is 38.7 Å². The van der Waals surface area contributed by atoms with Gasteiger partial charge in [0, 0.05) is 29.5 Å². The topological polar surface area (TPSA) is 125 Å². The summed E-state index contributed by atoms with van der Waals surface area (Å²) in [5.41, 5.74) is 8.73. The standard InChI is InChI=1S/C20H24FIN6O3S/c1-11(2)32(29,30)24-5-3-6-28-16(25-17-18(23)26-20(21)27-19(17)28)10-13-9-15-12(4-7-31-15)8-14(13)22/h8-9,11,24H,3-7,10H2,1-2H3,(H2,23,26,27). The molecule has 172 valence electrons. The molecule has 2 aromatic heterocycles. The summed E-state index contributed by atoms with van der Waals surface area (Å²) < 4.78 is 49.1. The van der Waals surface area contributed by atoms with Gasteiger partial charge < -0.3 is 15.0 Å². The fourth-order valence-corrected chi connectivity index (χ4v) is 5.06. The molecule has 1 aromatic carbocycles. The van der Waals surface area contributed by atoms with Crippen LogP contribution in [0.3, 0.4) is 0 Å². The fourth-order valence-electron chi connectivity index (χ4n) is 3.57. The molecule has 1 aliphatic rings. The molecule has 1 aliphatic heterocycles. The highest BCUT2D eigenvalue weighted by Gasteiger charge is 2.21. The minimum Gasteiger partial charge on any atom is -0.493 e. The van der Waals surface area contributed by atoms with Crippen LogP contribution in [-0.2, 0) is 29.4 Å². The van der Waals surface area contributed by atoms with Crippen molar-refractivity contribution in [3.8, 4) is 5.75 Å². The first-order chi connectivity index (χ1) is 15.2. The molecule has 4 rings (SSSR count). The lowest BCUT2D eigenvalue weighted by Gasteiger charge is -2.12. The van der Waals surface area contributed by atoms with Crippen LogP contribution in [0.25, 0.3) is 11.2 Å². The van der Waals surface area contributed by atoms with Crippen molar-refractivity contribution in [2.75, 3.05) is 18.9 Å². The molecule has 0 bridgehead atoms. The van der Waals surface area contributed by atoms with Gasteiger partial charge in [0.2, 0.25) is 10.0 Å². The molecule has 3 heterocycles. The lowest BCUT2D eigenvalue weighted by Crippen LogP contribution is -2.32. The second kappa shape index (κ2) is 9.06. The number of fused-ring (bicyclic) bond motifs is 2. The van der Waals surface area contributed by atoms with Crippen molar-refractivity contribution in [1.29, 1.82) is 0 Å². The van der Waals surface area contributed by atoms with E-state index in [0.29, 0.717) is 43.0 Å². The zero-order chi connectivity index (χ0) is 23.0. The van der Waals surface area contributed by atoms with E-state index in [1.54, 1.807) is 18.4 Å². The van der Waals surface area contributed by atoms with Crippen molar-refractivity contribution >= 4 is 49.6 Å². The van der Waals surface area contributed by atoms with Gasteiger partial charge in [-0.25, -0.2) is 18.1 Å². The Balaban J connectivity index is 1.64. The van der Waals surface area contributed by atoms with Crippen LogP contribution in [0.15, 0.2) is 12.1 Å². The van der Waals surface area contributed by atoms with Gasteiger partial charge in [0.25, 0.3) is 0 Å². The Kier molecular flexibility index (Phi) is 6.54. The number of ether oxygens (including phenoxy) is 1. The van der Waals surface area contributed by atoms with Crippen LogP contribution in [0.1, 0.15) is 37.2 Å². The first kappa shape index (κ1) is 23.1. The molecule has 3 aromatic rings. The molecule has 3 N–H and O–H groups in total. The van der Waals surface area contributed by atoms with E-state index in [0.717, 1.165) is 21.3 Å². The number of aromatic nitrogens is 4. The highest BCUT2D eigenvalue weighted by Crippen LogP contribution is 2.31. The average Bonchev–Trinajstić information content (AvgIpc) is 3.30. The zero-order valence-corrected chi connectivity index (χ0v) is 20.7. The highest BCUT2D eigenvalue weighted by atomic mass is 127. The maximum Gasteiger partial charge on any atom is 0.312 e. The molecule has 0 saturated heterocycles. The summed E-state index contributed by atoms with van der Waals surface area (Å²) in [6, 6.07) is 4.12. The second-order valence-corrected chi connectivity index (χ2v) is 11.4. The van der Waals surface area contributed by atoms with Gasteiger partial charge in [0.15, 0.2) is 17.0 Å². The zero-order valence-electron chi connectivity index (χ0n) is 17.7. The number of anilines is 1. The largest absolute Gasteiger partial charge is 0.493 e. The van der Waals surface area contributed by atoms with E-state index in [1.165, 1.54) is 5.56 Å². The van der Waals surface area contributed by atoms with Crippen LogP contribution in [0.2, 0.25) is 0 Å². The number of imidazole rings is 1. The number of aryl methyl sites for hydroxylation is 1. The summed E-state index contributed by atoms with van der Waals surface area (Å²) in [4.78, 5) is 12.1. The van der Waals surface area contributed by atoms with E-state index >= 15 is 0 Å². The van der Waals surface area contributed by atoms with Gasteiger partial charge in [0.05, 0.1) is 11.9 Å². The van der Waals surface area contributed by atoms with Crippen LogP contribution in [0.5, 0.6) is 5.75 Å². The predicted molar refractivity (Wildman–Crippen MR) is 128 cm³/mol. The van der Waals surface area contributed by atoms with Crippen molar-refractivity contribution in [1.82, 2.24) is 24.2 Å². The lowest BCUT2D eigenvalue weighted by molar-refractivity contribution is 0.356. The van der Waals surface area contributed by atoms with Crippen molar-refractivity contribution in [2.24, 2.45) is 0 Å². The van der Waals surface area contributed by atoms with E-state index in [1.807, 2.05) is 6.07 Å². The van der Waals surface area contributed by atoms with Crippen LogP contribution in [0, 0.1) is 9.65 Å². The van der Waals surface area contributed by atoms with Gasteiger partial charge in [-0.2, -0.15) is 14.4 Å². The van der Waals surface area contributed by atoms with Crippen LogP contribution >= 0.6 is 22.6 Å². The predicted octanol–water partition coefficient (Wildman–Crippen LogP) is 2.40. The van der Waals surface area contributed by atoms with Gasteiger partial charge >= 0.3 is 6.08 Å². The van der Waals surface area contributed by atoms with Gasteiger partial charge in [-0.3, -0.25) is 0 Å². The summed E-state index contributed by atoms with van der Waals surface area (Å²) >= 11 is 2.29. The van der Waals surface area contributed by atoms with Gasteiger partial charge in [-0.05, 0) is 66.1 Å². The first-order valence-corrected chi connectivity index (χ1v) is 12.9. The number of rotatable bonds is 8. The Bertz CT molecular complexity index is 1280. The van der Waals surface area contributed by atoms with Crippen molar-refractivity contribution < 1.29 is 17.5 Å². The molecule has 32 heavy (non-hydrogen) atoms. The van der Waals surface area contributed by atoms with Gasteiger partial charge in [-0.15, -0.1) is 0 Å². The van der Waals surface area contributed by atoms with Crippen LogP contribution < -0.4 is 15.2 Å². The lowest BCUT2D eigenvalue weighted by atomic mass is 10.1. The Morgan fingerprint density at radius 3 is 2.84 bits per heavy atom. The molecule has 0 amide bonds. The number of halogens is 2. The molecule has 0 saturated carbocycles. The maximum atomic E-state index is 13.9. The Morgan fingerprint density at radius 2 is 2.09 bits per heavy atom. The van der Waals surface area contributed by atoms with Gasteiger partial charge in [-0.1, -0.05) is 0 Å². The van der Waals surface area contributed by atoms with E-state index in [2.05, 4.69) is 48.3 Å². The van der Waals surface area contributed by atoms with Crippen LogP contribution in [-0.4, -0.2) is 46.3 Å². The number of sulfonamides is 1. The SMILES string of the molecule is CC(C)S(=O)(=O)NCCCn1c(Cc2cc3c(cc2I)CCO3)nc2c(N)nc(F)nc21. The summed E-state index contributed by atoms with van der Waals surface area (Å²) in [6.07, 6.45) is 0.898. The number of nitrogens with two attached hydrogens (primary N) is 1. The molecule has 0 radical (unpaired) electrons.